The Morgan fingerprint density at radius 2 is 1.88 bits per heavy atom. The molecule has 3 rings (SSSR count). The largest absolute Gasteiger partial charge is 0.324 e. The zero-order valence-electron chi connectivity index (χ0n) is 13.5. The number of rotatable bonds is 4. The molecule has 0 aliphatic carbocycles. The van der Waals surface area contributed by atoms with Crippen LogP contribution < -0.4 is 5.32 Å². The highest BCUT2D eigenvalue weighted by atomic mass is 32.1. The number of halogens is 2. The number of aromatic nitrogens is 3. The molecule has 124 valence electrons. The normalized spacial score (nSPS) is 11.1. The van der Waals surface area contributed by atoms with E-state index in [1.165, 1.54) is 6.07 Å². The average Bonchev–Trinajstić information content (AvgIpc) is 2.93. The van der Waals surface area contributed by atoms with Crippen LogP contribution in [0.25, 0.3) is 10.6 Å². The molecule has 2 aromatic heterocycles. The van der Waals surface area contributed by atoms with Gasteiger partial charge in [0.05, 0.1) is 21.3 Å². The lowest BCUT2D eigenvalue weighted by atomic mass is 10.2. The molecule has 1 aromatic carbocycles. The van der Waals surface area contributed by atoms with Gasteiger partial charge in [-0.05, 0) is 25.1 Å². The summed E-state index contributed by atoms with van der Waals surface area (Å²) in [6.45, 7) is 6.14. The molecule has 3 aromatic rings. The highest BCUT2D eigenvalue weighted by molar-refractivity contribution is 7.15. The van der Waals surface area contributed by atoms with Gasteiger partial charge in [-0.3, -0.25) is 0 Å². The lowest BCUT2D eigenvalue weighted by Crippen LogP contribution is -1.98. The molecule has 2 heterocycles. The Labute approximate surface area is 142 Å². The number of benzene rings is 1. The van der Waals surface area contributed by atoms with E-state index in [9.17, 15) is 8.78 Å². The summed E-state index contributed by atoms with van der Waals surface area (Å²) < 4.78 is 26.3. The molecular weight excluding hydrogens is 330 g/mol. The van der Waals surface area contributed by atoms with E-state index in [2.05, 4.69) is 34.1 Å². The van der Waals surface area contributed by atoms with Crippen molar-refractivity contribution in [1.29, 1.82) is 0 Å². The van der Waals surface area contributed by atoms with Crippen molar-refractivity contribution in [2.24, 2.45) is 0 Å². The van der Waals surface area contributed by atoms with Crippen molar-refractivity contribution in [2.45, 2.75) is 26.7 Å². The summed E-state index contributed by atoms with van der Waals surface area (Å²) in [4.78, 5) is 14.1. The highest BCUT2D eigenvalue weighted by Gasteiger charge is 2.14. The Morgan fingerprint density at radius 3 is 2.54 bits per heavy atom. The predicted molar refractivity (Wildman–Crippen MR) is 91.6 cm³/mol. The van der Waals surface area contributed by atoms with Crippen molar-refractivity contribution in [3.05, 3.63) is 52.8 Å². The first-order chi connectivity index (χ1) is 11.4. The molecule has 0 fully saturated rings. The first-order valence-corrected chi connectivity index (χ1v) is 8.28. The van der Waals surface area contributed by atoms with Crippen LogP contribution in [0.1, 0.15) is 30.5 Å². The highest BCUT2D eigenvalue weighted by Crippen LogP contribution is 2.32. The van der Waals surface area contributed by atoms with Gasteiger partial charge >= 0.3 is 0 Å². The molecule has 0 radical (unpaired) electrons. The Bertz CT molecular complexity index is 877. The Hall–Kier alpha value is -2.41. The fourth-order valence-corrected chi connectivity index (χ4v) is 3.19. The van der Waals surface area contributed by atoms with Crippen molar-refractivity contribution in [1.82, 2.24) is 15.0 Å². The number of nitrogens with zero attached hydrogens (tertiary/aromatic N) is 3. The lowest BCUT2D eigenvalue weighted by Gasteiger charge is -2.06. The second kappa shape index (κ2) is 6.60. The van der Waals surface area contributed by atoms with Gasteiger partial charge in [0, 0.05) is 23.9 Å². The van der Waals surface area contributed by atoms with E-state index in [0.717, 1.165) is 33.4 Å². The molecule has 0 amide bonds. The van der Waals surface area contributed by atoms with Gasteiger partial charge in [0.25, 0.3) is 0 Å². The maximum absolute atomic E-state index is 13.3. The molecule has 0 aliphatic heterocycles. The number of anilines is 2. The quantitative estimate of drug-likeness (QED) is 0.718. The summed E-state index contributed by atoms with van der Waals surface area (Å²) >= 11 is 1.60. The van der Waals surface area contributed by atoms with Crippen LogP contribution in [0.3, 0.4) is 0 Å². The third-order valence-electron chi connectivity index (χ3n) is 3.37. The topological polar surface area (TPSA) is 50.7 Å². The maximum Gasteiger partial charge on any atom is 0.227 e. The van der Waals surface area contributed by atoms with Gasteiger partial charge in [-0.2, -0.15) is 0 Å². The standard InChI is InChI=1S/C17H16F2N4S/c1-9(2)16-21-10(3)15(24-16)14-6-7-20-17(23-14)22-11-4-5-12(18)13(19)8-11/h4-9H,1-3H3,(H,20,22,23). The summed E-state index contributed by atoms with van der Waals surface area (Å²) in [6, 6.07) is 5.37. The molecule has 0 saturated heterocycles. The minimum atomic E-state index is -0.920. The van der Waals surface area contributed by atoms with Crippen LogP contribution in [0.4, 0.5) is 20.4 Å². The first kappa shape index (κ1) is 16.4. The summed E-state index contributed by atoms with van der Waals surface area (Å²) in [5.74, 6) is -1.14. The van der Waals surface area contributed by atoms with Gasteiger partial charge in [0.15, 0.2) is 11.6 Å². The summed E-state index contributed by atoms with van der Waals surface area (Å²) in [6.07, 6.45) is 1.62. The van der Waals surface area contributed by atoms with Gasteiger partial charge in [-0.25, -0.2) is 23.7 Å². The van der Waals surface area contributed by atoms with E-state index in [1.54, 1.807) is 23.6 Å². The van der Waals surface area contributed by atoms with Crippen LogP contribution in [-0.2, 0) is 0 Å². The molecule has 7 heteroatoms. The maximum atomic E-state index is 13.3. The number of thiazole rings is 1. The number of hydrogen-bond donors (Lipinski definition) is 1. The van der Waals surface area contributed by atoms with Gasteiger partial charge in [-0.1, -0.05) is 13.8 Å². The van der Waals surface area contributed by atoms with Crippen LogP contribution in [0.2, 0.25) is 0 Å². The first-order valence-electron chi connectivity index (χ1n) is 7.47. The van der Waals surface area contributed by atoms with E-state index < -0.39 is 11.6 Å². The van der Waals surface area contributed by atoms with Crippen LogP contribution in [0.15, 0.2) is 30.5 Å². The van der Waals surface area contributed by atoms with E-state index in [0.29, 0.717) is 17.6 Å². The van der Waals surface area contributed by atoms with Gasteiger partial charge < -0.3 is 5.32 Å². The van der Waals surface area contributed by atoms with E-state index in [-0.39, 0.29) is 0 Å². The summed E-state index contributed by atoms with van der Waals surface area (Å²) in [5, 5.41) is 3.94. The fraction of sp³-hybridized carbons (Fsp3) is 0.235. The van der Waals surface area contributed by atoms with Gasteiger partial charge in [0.1, 0.15) is 0 Å². The van der Waals surface area contributed by atoms with E-state index in [1.807, 2.05) is 6.92 Å². The zero-order chi connectivity index (χ0) is 17.3. The van der Waals surface area contributed by atoms with Gasteiger partial charge in [0.2, 0.25) is 5.95 Å². The Balaban J connectivity index is 1.90. The average molecular weight is 346 g/mol. The zero-order valence-corrected chi connectivity index (χ0v) is 14.3. The molecule has 0 spiro atoms. The smallest absolute Gasteiger partial charge is 0.227 e. The third-order valence-corrected chi connectivity index (χ3v) is 4.85. The van der Waals surface area contributed by atoms with Crippen LogP contribution >= 0.6 is 11.3 Å². The number of aryl methyl sites for hydroxylation is 1. The third kappa shape index (κ3) is 3.41. The van der Waals surface area contributed by atoms with E-state index >= 15 is 0 Å². The predicted octanol–water partition coefficient (Wildman–Crippen LogP) is 5.05. The monoisotopic (exact) mass is 346 g/mol. The van der Waals surface area contributed by atoms with Crippen molar-refractivity contribution in [3.63, 3.8) is 0 Å². The molecule has 0 atom stereocenters. The molecule has 0 saturated carbocycles. The molecule has 0 aliphatic rings. The van der Waals surface area contributed by atoms with Crippen LogP contribution in [-0.4, -0.2) is 15.0 Å². The van der Waals surface area contributed by atoms with E-state index in [4.69, 9.17) is 0 Å². The Kier molecular flexibility index (Phi) is 4.53. The minimum Gasteiger partial charge on any atom is -0.324 e. The van der Waals surface area contributed by atoms with Crippen molar-refractivity contribution < 1.29 is 8.78 Å². The molecule has 0 unspecified atom stereocenters. The molecule has 1 N–H and O–H groups in total. The van der Waals surface area contributed by atoms with Crippen molar-refractivity contribution in [3.8, 4) is 10.6 Å². The molecule has 24 heavy (non-hydrogen) atoms. The molecular formula is C17H16F2N4S. The number of hydrogen-bond acceptors (Lipinski definition) is 5. The second-order valence-corrected chi connectivity index (χ2v) is 6.67. The molecule has 0 bridgehead atoms. The van der Waals surface area contributed by atoms with Crippen LogP contribution in [0, 0.1) is 18.6 Å². The summed E-state index contributed by atoms with van der Waals surface area (Å²) in [5.41, 5.74) is 2.05. The second-order valence-electron chi connectivity index (χ2n) is 5.64. The SMILES string of the molecule is Cc1nc(C(C)C)sc1-c1ccnc(Nc2ccc(F)c(F)c2)n1. The van der Waals surface area contributed by atoms with Crippen molar-refractivity contribution in [2.75, 3.05) is 5.32 Å². The minimum absolute atomic E-state index is 0.317. The fourth-order valence-electron chi connectivity index (χ4n) is 2.15. The lowest BCUT2D eigenvalue weighted by molar-refractivity contribution is 0.509. The number of nitrogens with one attached hydrogen (secondary N) is 1. The summed E-state index contributed by atoms with van der Waals surface area (Å²) in [7, 11) is 0. The van der Waals surface area contributed by atoms with Crippen molar-refractivity contribution >= 4 is 23.0 Å². The Morgan fingerprint density at radius 1 is 1.08 bits per heavy atom. The molecule has 4 nitrogen and oxygen atoms in total. The van der Waals surface area contributed by atoms with Gasteiger partial charge in [-0.15, -0.1) is 11.3 Å². The van der Waals surface area contributed by atoms with Crippen LogP contribution in [0.5, 0.6) is 0 Å².